The minimum atomic E-state index is -0.279. The van der Waals surface area contributed by atoms with Gasteiger partial charge in [0.2, 0.25) is 0 Å². The van der Waals surface area contributed by atoms with Gasteiger partial charge in [0.25, 0.3) is 11.8 Å². The molecule has 7 nitrogen and oxygen atoms in total. The van der Waals surface area contributed by atoms with Crippen LogP contribution in [0.1, 0.15) is 0 Å². The smallest absolute Gasteiger partial charge is 0.268 e. The monoisotopic (exact) mass is 462 g/mol. The summed E-state index contributed by atoms with van der Waals surface area (Å²) in [5, 5.41) is 3.29. The van der Waals surface area contributed by atoms with Crippen LogP contribution >= 0.6 is 45.2 Å². The standard InChI is InChI=1S/C8H8I2N4O3/c9-5-6(10)8(16)14(7(5)15)2-4-17-3-1-12-13-11/h1-4H2. The highest BCUT2D eigenvalue weighted by Crippen LogP contribution is 2.29. The van der Waals surface area contributed by atoms with E-state index in [0.29, 0.717) is 7.16 Å². The van der Waals surface area contributed by atoms with Crippen molar-refractivity contribution in [3.05, 3.63) is 17.6 Å². The van der Waals surface area contributed by atoms with E-state index in [1.54, 1.807) is 0 Å². The average molecular weight is 462 g/mol. The molecule has 1 rings (SSSR count). The molecular weight excluding hydrogens is 454 g/mol. The van der Waals surface area contributed by atoms with Gasteiger partial charge in [-0.25, -0.2) is 0 Å². The van der Waals surface area contributed by atoms with E-state index < -0.39 is 0 Å². The van der Waals surface area contributed by atoms with Gasteiger partial charge in [0, 0.05) is 11.5 Å². The van der Waals surface area contributed by atoms with E-state index in [4.69, 9.17) is 10.3 Å². The van der Waals surface area contributed by atoms with E-state index >= 15 is 0 Å². The molecule has 92 valence electrons. The van der Waals surface area contributed by atoms with Crippen LogP contribution in [0.5, 0.6) is 0 Å². The molecule has 0 N–H and O–H groups in total. The number of halogens is 2. The van der Waals surface area contributed by atoms with Crippen LogP contribution in [0.2, 0.25) is 0 Å². The Kier molecular flexibility index (Phi) is 6.16. The van der Waals surface area contributed by atoms with Crippen molar-refractivity contribution in [2.24, 2.45) is 5.11 Å². The summed E-state index contributed by atoms with van der Waals surface area (Å²) in [5.74, 6) is -0.558. The van der Waals surface area contributed by atoms with Crippen LogP contribution in [-0.2, 0) is 14.3 Å². The molecule has 0 aliphatic carbocycles. The Morgan fingerprint density at radius 3 is 2.35 bits per heavy atom. The van der Waals surface area contributed by atoms with Gasteiger partial charge in [-0.15, -0.1) is 0 Å². The molecule has 0 radical (unpaired) electrons. The number of carbonyl (C=O) groups excluding carboxylic acids is 2. The third-order valence-corrected chi connectivity index (χ3v) is 4.95. The first-order valence-electron chi connectivity index (χ1n) is 4.59. The maximum Gasteiger partial charge on any atom is 0.268 e. The first-order valence-corrected chi connectivity index (χ1v) is 6.75. The SMILES string of the molecule is [N-]=[N+]=NCCOCCN1C(=O)C(I)=C(I)C1=O. The molecule has 0 spiro atoms. The highest BCUT2D eigenvalue weighted by Gasteiger charge is 2.35. The van der Waals surface area contributed by atoms with Crippen LogP contribution < -0.4 is 0 Å². The normalized spacial score (nSPS) is 15.5. The number of ether oxygens (including phenoxy) is 1. The zero-order valence-corrected chi connectivity index (χ0v) is 12.9. The number of hydrogen-bond acceptors (Lipinski definition) is 4. The summed E-state index contributed by atoms with van der Waals surface area (Å²) in [6.07, 6.45) is 0. The van der Waals surface area contributed by atoms with Crippen LogP contribution in [0.15, 0.2) is 12.3 Å². The van der Waals surface area contributed by atoms with Gasteiger partial charge in [0.15, 0.2) is 0 Å². The van der Waals surface area contributed by atoms with Crippen LogP contribution in [0.4, 0.5) is 0 Å². The number of rotatable bonds is 6. The summed E-state index contributed by atoms with van der Waals surface area (Å²) in [7, 11) is 0. The lowest BCUT2D eigenvalue weighted by Gasteiger charge is -2.13. The molecule has 1 aliphatic rings. The fourth-order valence-electron chi connectivity index (χ4n) is 1.13. The van der Waals surface area contributed by atoms with Crippen molar-refractivity contribution in [1.82, 2.24) is 4.90 Å². The molecule has 1 aliphatic heterocycles. The zero-order chi connectivity index (χ0) is 12.8. The van der Waals surface area contributed by atoms with Crippen LogP contribution in [0.3, 0.4) is 0 Å². The summed E-state index contributed by atoms with van der Waals surface area (Å²) >= 11 is 3.72. The molecule has 0 fully saturated rings. The predicted octanol–water partition coefficient (Wildman–Crippen LogP) is 1.76. The topological polar surface area (TPSA) is 95.4 Å². The first-order chi connectivity index (χ1) is 8.09. The fourth-order valence-corrected chi connectivity index (χ4v) is 2.17. The molecule has 1 heterocycles. The Labute approximate surface area is 124 Å². The lowest BCUT2D eigenvalue weighted by Crippen LogP contribution is -2.34. The Morgan fingerprint density at radius 1 is 1.24 bits per heavy atom. The van der Waals surface area contributed by atoms with Crippen molar-refractivity contribution in [3.8, 4) is 0 Å². The molecule has 9 heteroatoms. The Morgan fingerprint density at radius 2 is 1.82 bits per heavy atom. The summed E-state index contributed by atoms with van der Waals surface area (Å²) in [6, 6.07) is 0. The van der Waals surface area contributed by atoms with Gasteiger partial charge in [0.1, 0.15) is 0 Å². The third-order valence-electron chi connectivity index (χ3n) is 1.92. The second-order valence-electron chi connectivity index (χ2n) is 2.96. The van der Waals surface area contributed by atoms with E-state index in [-0.39, 0.29) is 38.1 Å². The van der Waals surface area contributed by atoms with Gasteiger partial charge in [-0.1, -0.05) is 5.11 Å². The second-order valence-corrected chi connectivity index (χ2v) is 5.11. The maximum absolute atomic E-state index is 11.6. The van der Waals surface area contributed by atoms with E-state index in [1.165, 1.54) is 0 Å². The summed E-state index contributed by atoms with van der Waals surface area (Å²) in [5.41, 5.74) is 8.02. The lowest BCUT2D eigenvalue weighted by molar-refractivity contribution is -0.137. The molecule has 0 saturated heterocycles. The molecule has 0 bridgehead atoms. The van der Waals surface area contributed by atoms with Crippen LogP contribution in [0, 0.1) is 0 Å². The van der Waals surface area contributed by atoms with Crippen molar-refractivity contribution in [2.45, 2.75) is 0 Å². The quantitative estimate of drug-likeness (QED) is 0.150. The van der Waals surface area contributed by atoms with Gasteiger partial charge in [-0.05, 0) is 50.7 Å². The predicted molar refractivity (Wildman–Crippen MR) is 76.6 cm³/mol. The number of hydrogen-bond donors (Lipinski definition) is 0. The van der Waals surface area contributed by atoms with Gasteiger partial charge >= 0.3 is 0 Å². The molecule has 0 saturated carbocycles. The minimum Gasteiger partial charge on any atom is -0.379 e. The number of imide groups is 1. The number of carbonyl (C=O) groups is 2. The third kappa shape index (κ3) is 3.79. The van der Waals surface area contributed by atoms with Gasteiger partial charge in [-0.2, -0.15) is 0 Å². The molecule has 0 aromatic rings. The van der Waals surface area contributed by atoms with E-state index in [1.807, 2.05) is 45.2 Å². The minimum absolute atomic E-state index is 0.215. The van der Waals surface area contributed by atoms with Crippen LogP contribution in [-0.4, -0.2) is 43.0 Å². The Bertz CT molecular complexity index is 393. The lowest BCUT2D eigenvalue weighted by atomic mass is 10.5. The number of nitrogens with zero attached hydrogens (tertiary/aromatic N) is 4. The number of amides is 2. The van der Waals surface area contributed by atoms with Crippen molar-refractivity contribution in [3.63, 3.8) is 0 Å². The average Bonchev–Trinajstić information content (AvgIpc) is 2.50. The number of azide groups is 1. The second kappa shape index (κ2) is 7.13. The van der Waals surface area contributed by atoms with E-state index in [9.17, 15) is 9.59 Å². The molecule has 17 heavy (non-hydrogen) atoms. The van der Waals surface area contributed by atoms with Gasteiger partial charge in [0.05, 0.1) is 26.9 Å². The van der Waals surface area contributed by atoms with Crippen LogP contribution in [0.25, 0.3) is 10.4 Å². The van der Waals surface area contributed by atoms with Crippen molar-refractivity contribution in [1.29, 1.82) is 0 Å². The molecule has 0 aromatic carbocycles. The molecule has 0 atom stereocenters. The van der Waals surface area contributed by atoms with Crippen molar-refractivity contribution < 1.29 is 14.3 Å². The van der Waals surface area contributed by atoms with Gasteiger partial charge < -0.3 is 4.74 Å². The largest absolute Gasteiger partial charge is 0.379 e. The summed E-state index contributed by atoms with van der Waals surface area (Å²) in [6.45, 7) is 0.979. The Hall–Kier alpha value is -0.390. The summed E-state index contributed by atoms with van der Waals surface area (Å²) in [4.78, 5) is 26.9. The summed E-state index contributed by atoms with van der Waals surface area (Å²) < 4.78 is 6.02. The molecule has 2 amide bonds. The van der Waals surface area contributed by atoms with E-state index in [2.05, 4.69) is 10.0 Å². The van der Waals surface area contributed by atoms with Crippen molar-refractivity contribution in [2.75, 3.05) is 26.3 Å². The molecule has 0 aromatic heterocycles. The highest BCUT2D eigenvalue weighted by molar-refractivity contribution is 14.1. The molecule has 0 unspecified atom stereocenters. The van der Waals surface area contributed by atoms with Crippen molar-refractivity contribution >= 4 is 57.0 Å². The fraction of sp³-hybridized carbons (Fsp3) is 0.500. The van der Waals surface area contributed by atoms with Gasteiger partial charge in [-0.3, -0.25) is 14.5 Å². The van der Waals surface area contributed by atoms with E-state index in [0.717, 1.165) is 4.90 Å². The zero-order valence-electron chi connectivity index (χ0n) is 8.60. The maximum atomic E-state index is 11.6. The Balaban J connectivity index is 2.32. The highest BCUT2D eigenvalue weighted by atomic mass is 127. The molecular formula is C8H8I2N4O3. The first kappa shape index (κ1) is 14.7.